The number of amides is 3. The molecule has 1 aromatic rings. The van der Waals surface area contributed by atoms with Gasteiger partial charge in [0.2, 0.25) is 17.7 Å². The van der Waals surface area contributed by atoms with Crippen molar-refractivity contribution < 1.29 is 14.4 Å². The molecule has 5 nitrogen and oxygen atoms in total. The molecule has 1 aromatic carbocycles. The third-order valence-electron chi connectivity index (χ3n) is 3.58. The molecule has 0 saturated carbocycles. The number of nitrogens with one attached hydrogen (secondary N) is 1. The Morgan fingerprint density at radius 2 is 1.71 bits per heavy atom. The molecule has 1 aliphatic rings. The van der Waals surface area contributed by atoms with Gasteiger partial charge in [0.25, 0.3) is 0 Å². The monoisotopic (exact) mass is 288 g/mol. The van der Waals surface area contributed by atoms with Crippen LogP contribution in [-0.2, 0) is 14.4 Å². The van der Waals surface area contributed by atoms with Gasteiger partial charge < -0.3 is 5.32 Å². The van der Waals surface area contributed by atoms with Crippen molar-refractivity contribution in [1.29, 1.82) is 0 Å². The molecule has 0 bridgehead atoms. The van der Waals surface area contributed by atoms with Crippen molar-refractivity contribution >= 4 is 23.4 Å². The van der Waals surface area contributed by atoms with Crippen LogP contribution in [0.4, 0.5) is 5.69 Å². The number of imide groups is 1. The molecule has 5 heteroatoms. The lowest BCUT2D eigenvalue weighted by molar-refractivity contribution is -0.138. The summed E-state index contributed by atoms with van der Waals surface area (Å²) in [6.07, 6.45) is 0.650. The number of hydrogen-bond donors (Lipinski definition) is 1. The molecule has 0 atom stereocenters. The molecule has 1 fully saturated rings. The molecular weight excluding hydrogens is 268 g/mol. The van der Waals surface area contributed by atoms with Crippen LogP contribution in [-0.4, -0.2) is 29.2 Å². The number of rotatable bonds is 5. The number of carbonyl (C=O) groups excluding carboxylic acids is 3. The zero-order valence-corrected chi connectivity index (χ0v) is 12.4. The highest BCUT2D eigenvalue weighted by atomic mass is 16.2. The Balaban J connectivity index is 1.84. The summed E-state index contributed by atoms with van der Waals surface area (Å²) >= 11 is 0. The van der Waals surface area contributed by atoms with E-state index in [-0.39, 0.29) is 43.5 Å². The molecule has 1 N–H and O–H groups in total. The van der Waals surface area contributed by atoms with Crippen molar-refractivity contribution in [3.05, 3.63) is 29.8 Å². The fourth-order valence-corrected chi connectivity index (χ4v) is 2.26. The van der Waals surface area contributed by atoms with Crippen LogP contribution in [0.5, 0.6) is 0 Å². The van der Waals surface area contributed by atoms with Gasteiger partial charge >= 0.3 is 0 Å². The first-order valence-corrected chi connectivity index (χ1v) is 7.20. The summed E-state index contributed by atoms with van der Waals surface area (Å²) in [6, 6.07) is 7.68. The van der Waals surface area contributed by atoms with E-state index in [0.717, 1.165) is 5.69 Å². The van der Waals surface area contributed by atoms with E-state index in [1.54, 1.807) is 0 Å². The van der Waals surface area contributed by atoms with Crippen LogP contribution < -0.4 is 5.32 Å². The van der Waals surface area contributed by atoms with Crippen LogP contribution in [0.15, 0.2) is 24.3 Å². The second kappa shape index (κ2) is 6.52. The van der Waals surface area contributed by atoms with Crippen molar-refractivity contribution in [2.75, 3.05) is 11.9 Å². The minimum Gasteiger partial charge on any atom is -0.326 e. The molecule has 112 valence electrons. The number of carbonyl (C=O) groups is 3. The summed E-state index contributed by atoms with van der Waals surface area (Å²) in [5, 5.41) is 2.77. The highest BCUT2D eigenvalue weighted by Gasteiger charge is 2.28. The van der Waals surface area contributed by atoms with Gasteiger partial charge in [-0.05, 0) is 23.6 Å². The maximum absolute atomic E-state index is 11.8. The van der Waals surface area contributed by atoms with Crippen LogP contribution in [0.2, 0.25) is 0 Å². The van der Waals surface area contributed by atoms with E-state index in [4.69, 9.17) is 0 Å². The van der Waals surface area contributed by atoms with Gasteiger partial charge in [0, 0.05) is 31.5 Å². The Hall–Kier alpha value is -2.17. The van der Waals surface area contributed by atoms with Gasteiger partial charge in [-0.3, -0.25) is 19.3 Å². The van der Waals surface area contributed by atoms with E-state index in [0.29, 0.717) is 5.92 Å². The van der Waals surface area contributed by atoms with E-state index in [9.17, 15) is 14.4 Å². The van der Waals surface area contributed by atoms with E-state index >= 15 is 0 Å². The Morgan fingerprint density at radius 1 is 1.14 bits per heavy atom. The molecule has 3 amide bonds. The molecule has 0 spiro atoms. The smallest absolute Gasteiger partial charge is 0.229 e. The zero-order valence-electron chi connectivity index (χ0n) is 12.4. The highest BCUT2D eigenvalue weighted by molar-refractivity contribution is 6.02. The van der Waals surface area contributed by atoms with Crippen molar-refractivity contribution in [3.8, 4) is 0 Å². The van der Waals surface area contributed by atoms with Crippen molar-refractivity contribution in [3.63, 3.8) is 0 Å². The summed E-state index contributed by atoms with van der Waals surface area (Å²) < 4.78 is 0. The fourth-order valence-electron chi connectivity index (χ4n) is 2.26. The summed E-state index contributed by atoms with van der Waals surface area (Å²) in [6.45, 7) is 4.38. The maximum atomic E-state index is 11.8. The van der Waals surface area contributed by atoms with Crippen LogP contribution >= 0.6 is 0 Å². The minimum atomic E-state index is -0.195. The topological polar surface area (TPSA) is 66.5 Å². The van der Waals surface area contributed by atoms with Gasteiger partial charge in [-0.1, -0.05) is 26.0 Å². The standard InChI is InChI=1S/C16H20N2O3/c1-11(2)12-3-5-13(6-4-12)17-14(19)9-10-18-15(20)7-8-16(18)21/h3-6,11H,7-10H2,1-2H3,(H,17,19). The first kappa shape index (κ1) is 15.2. The molecule has 1 aliphatic heterocycles. The fraction of sp³-hybridized carbons (Fsp3) is 0.438. The number of likely N-dealkylation sites (tertiary alicyclic amines) is 1. The number of anilines is 1. The molecule has 0 radical (unpaired) electrons. The third kappa shape index (κ3) is 3.90. The van der Waals surface area contributed by atoms with Gasteiger partial charge in [-0.25, -0.2) is 0 Å². The predicted octanol–water partition coefficient (Wildman–Crippen LogP) is 2.29. The Kier molecular flexibility index (Phi) is 4.73. The largest absolute Gasteiger partial charge is 0.326 e. The molecule has 1 saturated heterocycles. The second-order valence-corrected chi connectivity index (χ2v) is 5.51. The van der Waals surface area contributed by atoms with Crippen molar-refractivity contribution in [2.24, 2.45) is 0 Å². The van der Waals surface area contributed by atoms with E-state index in [2.05, 4.69) is 19.2 Å². The van der Waals surface area contributed by atoms with E-state index in [1.807, 2.05) is 24.3 Å². The average molecular weight is 288 g/mol. The predicted molar refractivity (Wildman–Crippen MR) is 79.7 cm³/mol. The molecule has 2 rings (SSSR count). The van der Waals surface area contributed by atoms with Crippen LogP contribution in [0.1, 0.15) is 44.6 Å². The van der Waals surface area contributed by atoms with Crippen molar-refractivity contribution in [1.82, 2.24) is 4.90 Å². The second-order valence-electron chi connectivity index (χ2n) is 5.51. The Labute approximate surface area is 124 Å². The minimum absolute atomic E-state index is 0.128. The number of hydrogen-bond acceptors (Lipinski definition) is 3. The zero-order chi connectivity index (χ0) is 15.4. The summed E-state index contributed by atoms with van der Waals surface area (Å²) in [7, 11) is 0. The van der Waals surface area contributed by atoms with E-state index < -0.39 is 0 Å². The van der Waals surface area contributed by atoms with Crippen LogP contribution in [0, 0.1) is 0 Å². The normalized spacial score (nSPS) is 14.9. The molecule has 0 unspecified atom stereocenters. The molecule has 0 aromatic heterocycles. The lowest BCUT2D eigenvalue weighted by Crippen LogP contribution is -2.32. The first-order chi connectivity index (χ1) is 9.97. The van der Waals surface area contributed by atoms with Gasteiger partial charge in [0.1, 0.15) is 0 Å². The highest BCUT2D eigenvalue weighted by Crippen LogP contribution is 2.17. The summed E-state index contributed by atoms with van der Waals surface area (Å²) in [5.74, 6) is -0.120. The molecule has 1 heterocycles. The Bertz CT molecular complexity index is 533. The lowest BCUT2D eigenvalue weighted by atomic mass is 10.0. The van der Waals surface area contributed by atoms with E-state index in [1.165, 1.54) is 10.5 Å². The molecule has 0 aliphatic carbocycles. The number of nitrogens with zero attached hydrogens (tertiary/aromatic N) is 1. The van der Waals surface area contributed by atoms with Gasteiger partial charge in [0.15, 0.2) is 0 Å². The first-order valence-electron chi connectivity index (χ1n) is 7.20. The van der Waals surface area contributed by atoms with Crippen molar-refractivity contribution in [2.45, 2.75) is 39.0 Å². The summed E-state index contributed by atoms with van der Waals surface area (Å²) in [5.41, 5.74) is 1.93. The molecule has 21 heavy (non-hydrogen) atoms. The van der Waals surface area contributed by atoms with Gasteiger partial charge in [-0.15, -0.1) is 0 Å². The summed E-state index contributed by atoms with van der Waals surface area (Å²) in [4.78, 5) is 35.9. The van der Waals surface area contributed by atoms with Gasteiger partial charge in [0.05, 0.1) is 0 Å². The lowest BCUT2D eigenvalue weighted by Gasteiger charge is -2.13. The van der Waals surface area contributed by atoms with Crippen LogP contribution in [0.25, 0.3) is 0 Å². The van der Waals surface area contributed by atoms with Crippen LogP contribution in [0.3, 0.4) is 0 Å². The average Bonchev–Trinajstić information content (AvgIpc) is 2.76. The third-order valence-corrected chi connectivity index (χ3v) is 3.58. The number of benzene rings is 1. The quantitative estimate of drug-likeness (QED) is 0.845. The molecular formula is C16H20N2O3. The Morgan fingerprint density at radius 3 is 2.24 bits per heavy atom. The maximum Gasteiger partial charge on any atom is 0.229 e. The SMILES string of the molecule is CC(C)c1ccc(NC(=O)CCN2C(=O)CCC2=O)cc1. The van der Waals surface area contributed by atoms with Gasteiger partial charge in [-0.2, -0.15) is 0 Å².